The van der Waals surface area contributed by atoms with E-state index in [4.69, 9.17) is 0 Å². The second-order valence-corrected chi connectivity index (χ2v) is 8.87. The second-order valence-electron chi connectivity index (χ2n) is 8.87. The van der Waals surface area contributed by atoms with Crippen molar-refractivity contribution in [3.8, 4) is 22.6 Å². The molecule has 0 fully saturated rings. The quantitative estimate of drug-likeness (QED) is 0.378. The number of rotatable bonds is 7. The summed E-state index contributed by atoms with van der Waals surface area (Å²) in [5.41, 5.74) is 6.72. The molecule has 2 atom stereocenters. The van der Waals surface area contributed by atoms with E-state index in [2.05, 4.69) is 31.5 Å². The van der Waals surface area contributed by atoms with E-state index < -0.39 is 0 Å². The molecule has 0 aliphatic heterocycles. The third-order valence-corrected chi connectivity index (χ3v) is 6.35. The van der Waals surface area contributed by atoms with Gasteiger partial charge in [-0.3, -0.25) is 4.98 Å². The normalized spacial score (nSPS) is 18.9. The molecular formula is C27H35NO2. The van der Waals surface area contributed by atoms with E-state index in [1.54, 1.807) is 6.20 Å². The maximum Gasteiger partial charge on any atom is 0.131 e. The first kappa shape index (κ1) is 22.1. The van der Waals surface area contributed by atoms with Crippen LogP contribution in [-0.2, 0) is 6.42 Å². The van der Waals surface area contributed by atoms with Gasteiger partial charge in [-0.05, 0) is 81.7 Å². The van der Waals surface area contributed by atoms with Crippen molar-refractivity contribution in [3.63, 3.8) is 0 Å². The van der Waals surface area contributed by atoms with Gasteiger partial charge in [0.15, 0.2) is 0 Å². The fourth-order valence-electron chi connectivity index (χ4n) is 4.74. The molecule has 0 bridgehead atoms. The number of hydrogen-bond acceptors (Lipinski definition) is 3. The van der Waals surface area contributed by atoms with Gasteiger partial charge in [-0.15, -0.1) is 0 Å². The van der Waals surface area contributed by atoms with Gasteiger partial charge < -0.3 is 10.2 Å². The van der Waals surface area contributed by atoms with Crippen LogP contribution < -0.4 is 0 Å². The predicted octanol–water partition coefficient (Wildman–Crippen LogP) is 7.22. The lowest BCUT2D eigenvalue weighted by Crippen LogP contribution is -2.17. The third-order valence-electron chi connectivity index (χ3n) is 6.35. The molecule has 30 heavy (non-hydrogen) atoms. The Morgan fingerprint density at radius 3 is 2.63 bits per heavy atom. The van der Waals surface area contributed by atoms with E-state index in [1.807, 2.05) is 32.0 Å². The van der Waals surface area contributed by atoms with Crippen LogP contribution >= 0.6 is 0 Å². The Bertz CT molecular complexity index is 958. The number of nitrogens with zero attached hydrogens (tertiary/aromatic N) is 1. The van der Waals surface area contributed by atoms with Gasteiger partial charge in [-0.1, -0.05) is 43.6 Å². The Balaban J connectivity index is 2.21. The van der Waals surface area contributed by atoms with Crippen molar-refractivity contribution >= 4 is 0 Å². The fourth-order valence-corrected chi connectivity index (χ4v) is 4.74. The van der Waals surface area contributed by atoms with Gasteiger partial charge >= 0.3 is 0 Å². The molecule has 0 amide bonds. The molecule has 0 spiro atoms. The van der Waals surface area contributed by atoms with E-state index in [-0.39, 0.29) is 23.3 Å². The second kappa shape index (κ2) is 9.51. The first-order valence-electron chi connectivity index (χ1n) is 11.2. The van der Waals surface area contributed by atoms with Crippen LogP contribution in [0.2, 0.25) is 0 Å². The number of phenolic OH excluding ortho intramolecular Hbond substituents is 2. The summed E-state index contributed by atoms with van der Waals surface area (Å²) in [5, 5.41) is 22.6. The maximum absolute atomic E-state index is 11.6. The van der Waals surface area contributed by atoms with Crippen LogP contribution in [0.4, 0.5) is 0 Å². The van der Waals surface area contributed by atoms with E-state index in [1.165, 1.54) is 5.57 Å². The zero-order valence-electron chi connectivity index (χ0n) is 18.8. The summed E-state index contributed by atoms with van der Waals surface area (Å²) in [6.45, 7) is 12.5. The zero-order valence-corrected chi connectivity index (χ0v) is 18.8. The molecule has 3 heteroatoms. The van der Waals surface area contributed by atoms with Crippen molar-refractivity contribution in [2.24, 2.45) is 5.92 Å². The minimum atomic E-state index is -0.0670. The Kier molecular flexibility index (Phi) is 7.02. The lowest BCUT2D eigenvalue weighted by molar-refractivity contribution is 0.407. The van der Waals surface area contributed by atoms with Crippen LogP contribution in [0.3, 0.4) is 0 Å². The first-order chi connectivity index (χ1) is 14.3. The number of pyridine rings is 1. The fraction of sp³-hybridized carbons (Fsp3) is 0.444. The van der Waals surface area contributed by atoms with Gasteiger partial charge in [0.05, 0.1) is 0 Å². The molecule has 160 valence electrons. The number of aryl methyl sites for hydroxylation is 2. The van der Waals surface area contributed by atoms with Crippen LogP contribution in [0.1, 0.15) is 75.6 Å². The molecular weight excluding hydrogens is 370 g/mol. The molecule has 1 aromatic heterocycles. The van der Waals surface area contributed by atoms with E-state index >= 15 is 0 Å². The van der Waals surface area contributed by atoms with Crippen LogP contribution in [0.15, 0.2) is 48.2 Å². The van der Waals surface area contributed by atoms with Crippen molar-refractivity contribution in [3.05, 3.63) is 65.0 Å². The number of phenols is 2. The third kappa shape index (κ3) is 4.61. The van der Waals surface area contributed by atoms with Crippen molar-refractivity contribution < 1.29 is 10.2 Å². The molecule has 0 saturated heterocycles. The molecule has 2 N–H and O–H groups in total. The van der Waals surface area contributed by atoms with Gasteiger partial charge in [0, 0.05) is 28.9 Å². The number of unbranched alkanes of at least 4 members (excludes halogenated alkanes) is 2. The number of benzene rings is 1. The Hall–Kier alpha value is -2.55. The number of hydrogen-bond donors (Lipinski definition) is 2. The molecule has 3 nitrogen and oxygen atoms in total. The Labute approximate surface area is 181 Å². The number of allylic oxidation sites excluding steroid dienone is 3. The number of aromatic hydroxyl groups is 2. The monoisotopic (exact) mass is 405 g/mol. The smallest absolute Gasteiger partial charge is 0.131 e. The summed E-state index contributed by atoms with van der Waals surface area (Å²) in [5.74, 6) is 0.538. The van der Waals surface area contributed by atoms with Crippen molar-refractivity contribution in [1.82, 2.24) is 4.98 Å². The Morgan fingerprint density at radius 2 is 1.97 bits per heavy atom. The minimum absolute atomic E-state index is 0.0670. The summed E-state index contributed by atoms with van der Waals surface area (Å²) >= 11 is 0. The van der Waals surface area contributed by atoms with Gasteiger partial charge in [0.1, 0.15) is 11.5 Å². The van der Waals surface area contributed by atoms with Crippen LogP contribution in [0.5, 0.6) is 11.5 Å². The molecule has 0 radical (unpaired) electrons. The summed E-state index contributed by atoms with van der Waals surface area (Å²) < 4.78 is 0. The molecule has 3 rings (SSSR count). The van der Waals surface area contributed by atoms with Crippen molar-refractivity contribution in [2.75, 3.05) is 0 Å². The molecule has 1 aromatic carbocycles. The molecule has 1 heterocycles. The van der Waals surface area contributed by atoms with Crippen LogP contribution in [0, 0.1) is 12.8 Å². The van der Waals surface area contributed by atoms with E-state index in [0.29, 0.717) is 5.56 Å². The highest BCUT2D eigenvalue weighted by atomic mass is 16.3. The van der Waals surface area contributed by atoms with Gasteiger partial charge in [-0.2, -0.15) is 0 Å². The molecule has 1 aliphatic carbocycles. The summed E-state index contributed by atoms with van der Waals surface area (Å²) in [6.07, 6.45) is 10.1. The standard InChI is InChI=1S/C27H35NO2/c1-6-7-8-9-20-16-24(29)26(23-14-18(4)10-11-22(23)17(2)3)27(30)25(20)21-12-13-28-19(5)15-21/h12-16,22-23,29-30H,2,6-11H2,1,3-5H3. The van der Waals surface area contributed by atoms with E-state index in [0.717, 1.165) is 66.5 Å². The van der Waals surface area contributed by atoms with E-state index in [9.17, 15) is 10.2 Å². The summed E-state index contributed by atoms with van der Waals surface area (Å²) in [4.78, 5) is 4.32. The van der Waals surface area contributed by atoms with Crippen LogP contribution in [0.25, 0.3) is 11.1 Å². The summed E-state index contributed by atoms with van der Waals surface area (Å²) in [7, 11) is 0. The largest absolute Gasteiger partial charge is 0.507 e. The average Bonchev–Trinajstić information content (AvgIpc) is 2.68. The van der Waals surface area contributed by atoms with Gasteiger partial charge in [-0.25, -0.2) is 0 Å². The number of aromatic nitrogens is 1. The Morgan fingerprint density at radius 1 is 1.20 bits per heavy atom. The highest BCUT2D eigenvalue weighted by molar-refractivity contribution is 5.78. The van der Waals surface area contributed by atoms with Crippen LogP contribution in [-0.4, -0.2) is 15.2 Å². The molecule has 2 unspecified atom stereocenters. The summed E-state index contributed by atoms with van der Waals surface area (Å²) in [6, 6.07) is 5.84. The highest BCUT2D eigenvalue weighted by Crippen LogP contribution is 2.50. The lowest BCUT2D eigenvalue weighted by atomic mass is 9.73. The SMILES string of the molecule is C=C(C)C1CCC(C)=CC1c1c(O)cc(CCCCC)c(-c2ccnc(C)c2)c1O. The van der Waals surface area contributed by atoms with Gasteiger partial charge in [0.25, 0.3) is 0 Å². The van der Waals surface area contributed by atoms with Gasteiger partial charge in [0.2, 0.25) is 0 Å². The molecule has 2 aromatic rings. The maximum atomic E-state index is 11.6. The topological polar surface area (TPSA) is 53.4 Å². The molecule has 1 aliphatic rings. The lowest BCUT2D eigenvalue weighted by Gasteiger charge is -2.32. The first-order valence-corrected chi connectivity index (χ1v) is 11.2. The van der Waals surface area contributed by atoms with Crippen molar-refractivity contribution in [2.45, 2.75) is 72.1 Å². The predicted molar refractivity (Wildman–Crippen MR) is 125 cm³/mol. The average molecular weight is 406 g/mol. The van der Waals surface area contributed by atoms with Crippen molar-refractivity contribution in [1.29, 1.82) is 0 Å². The zero-order chi connectivity index (χ0) is 21.8. The minimum Gasteiger partial charge on any atom is -0.507 e. The molecule has 0 saturated carbocycles. The highest BCUT2D eigenvalue weighted by Gasteiger charge is 2.32.